The maximum atomic E-state index is 12.7. The molecule has 5 nitrogen and oxygen atoms in total. The van der Waals surface area contributed by atoms with Gasteiger partial charge in [-0.3, -0.25) is 4.79 Å². The predicted octanol–water partition coefficient (Wildman–Crippen LogP) is 2.90. The molecular weight excluding hydrogens is 288 g/mol. The van der Waals surface area contributed by atoms with Crippen LogP contribution >= 0.6 is 0 Å². The summed E-state index contributed by atoms with van der Waals surface area (Å²) in [6, 6.07) is 2.19. The second-order valence-corrected chi connectivity index (χ2v) is 7.43. The van der Waals surface area contributed by atoms with Gasteiger partial charge in [-0.25, -0.2) is 9.50 Å². The lowest BCUT2D eigenvalue weighted by Gasteiger charge is -2.28. The summed E-state index contributed by atoms with van der Waals surface area (Å²) in [5.41, 5.74) is 3.13. The van der Waals surface area contributed by atoms with Gasteiger partial charge >= 0.3 is 0 Å². The molecule has 2 aromatic heterocycles. The second-order valence-electron chi connectivity index (χ2n) is 7.43. The lowest BCUT2D eigenvalue weighted by Crippen LogP contribution is -2.40. The molecule has 2 fully saturated rings. The quantitative estimate of drug-likeness (QED) is 0.948. The van der Waals surface area contributed by atoms with Crippen molar-refractivity contribution in [3.05, 3.63) is 29.2 Å². The molecule has 2 saturated carbocycles. The molecule has 5 heteroatoms. The Bertz CT molecular complexity index is 766. The number of nitrogens with one attached hydrogen (secondary N) is 1. The second kappa shape index (κ2) is 5.32. The zero-order valence-electron chi connectivity index (χ0n) is 14.0. The Morgan fingerprint density at radius 2 is 2.17 bits per heavy atom. The average molecular weight is 312 g/mol. The number of aryl methyl sites for hydroxylation is 2. The first kappa shape index (κ1) is 14.7. The monoisotopic (exact) mass is 312 g/mol. The average Bonchev–Trinajstić information content (AvgIpc) is 3.21. The highest BCUT2D eigenvalue weighted by atomic mass is 16.1. The third-order valence-electron chi connectivity index (χ3n) is 5.82. The number of hydrogen-bond acceptors (Lipinski definition) is 3. The van der Waals surface area contributed by atoms with E-state index in [9.17, 15) is 4.79 Å². The summed E-state index contributed by atoms with van der Waals surface area (Å²) in [5, 5.41) is 7.52. The number of fused-ring (bicyclic) bond motifs is 3. The number of carbonyl (C=O) groups excluding carboxylic acids is 1. The van der Waals surface area contributed by atoms with Gasteiger partial charge in [0.25, 0.3) is 5.91 Å². The Morgan fingerprint density at radius 3 is 2.87 bits per heavy atom. The first-order chi connectivity index (χ1) is 11.0. The van der Waals surface area contributed by atoms with E-state index in [2.05, 4.69) is 22.3 Å². The van der Waals surface area contributed by atoms with Gasteiger partial charge in [-0.2, -0.15) is 5.10 Å². The molecule has 2 heterocycles. The molecule has 0 aromatic carbocycles. The van der Waals surface area contributed by atoms with Crippen LogP contribution in [0.4, 0.5) is 0 Å². The van der Waals surface area contributed by atoms with E-state index in [-0.39, 0.29) is 11.9 Å². The van der Waals surface area contributed by atoms with Crippen LogP contribution in [0.1, 0.15) is 54.4 Å². The largest absolute Gasteiger partial charge is 0.349 e. The highest BCUT2D eigenvalue weighted by Crippen LogP contribution is 2.49. The van der Waals surface area contributed by atoms with Crippen LogP contribution in [-0.2, 0) is 0 Å². The Labute approximate surface area is 136 Å². The summed E-state index contributed by atoms with van der Waals surface area (Å²) >= 11 is 0. The fourth-order valence-corrected chi connectivity index (χ4v) is 4.73. The van der Waals surface area contributed by atoms with Gasteiger partial charge in [0.15, 0.2) is 5.65 Å². The van der Waals surface area contributed by atoms with Gasteiger partial charge in [0.1, 0.15) is 5.56 Å². The summed E-state index contributed by atoms with van der Waals surface area (Å²) in [6.07, 6.45) is 7.00. The van der Waals surface area contributed by atoms with E-state index in [1.165, 1.54) is 25.7 Å². The number of carbonyl (C=O) groups is 1. The van der Waals surface area contributed by atoms with E-state index >= 15 is 0 Å². The molecule has 1 amide bonds. The van der Waals surface area contributed by atoms with Crippen molar-refractivity contribution in [2.45, 2.75) is 52.5 Å². The molecule has 2 bridgehead atoms. The van der Waals surface area contributed by atoms with Gasteiger partial charge in [-0.1, -0.05) is 6.42 Å². The van der Waals surface area contributed by atoms with E-state index < -0.39 is 0 Å². The molecule has 1 N–H and O–H groups in total. The standard InChI is InChI=1S/C18H24N4O/c1-10-6-11(2)22-17(20-10)16(9-19-22)18(23)21-12(3)15-8-13-4-5-14(15)7-13/h6,9,12-15H,4-5,7-8H2,1-3H3,(H,21,23)/t12-,13+,14+,15+/m0/s1. The zero-order chi connectivity index (χ0) is 16.1. The summed E-state index contributed by atoms with van der Waals surface area (Å²) in [4.78, 5) is 17.2. The molecule has 0 saturated heterocycles. The molecule has 0 spiro atoms. The normalized spacial score (nSPS) is 27.5. The van der Waals surface area contributed by atoms with Crippen molar-refractivity contribution in [3.8, 4) is 0 Å². The van der Waals surface area contributed by atoms with E-state index in [1.54, 1.807) is 10.7 Å². The van der Waals surface area contributed by atoms with Crippen molar-refractivity contribution in [2.24, 2.45) is 17.8 Å². The SMILES string of the molecule is Cc1cc(C)n2ncc(C(=O)N[C@@H](C)[C@H]3C[C@@H]4CC[C@@H]3C4)c2n1. The first-order valence-corrected chi connectivity index (χ1v) is 8.65. The molecule has 122 valence electrons. The van der Waals surface area contributed by atoms with Crippen LogP contribution in [0.2, 0.25) is 0 Å². The first-order valence-electron chi connectivity index (χ1n) is 8.65. The van der Waals surface area contributed by atoms with Crippen molar-refractivity contribution in [2.75, 3.05) is 0 Å². The third kappa shape index (κ3) is 2.42. The Balaban J connectivity index is 1.55. The van der Waals surface area contributed by atoms with Crippen molar-refractivity contribution < 1.29 is 4.79 Å². The van der Waals surface area contributed by atoms with Crippen LogP contribution < -0.4 is 5.32 Å². The summed E-state index contributed by atoms with van der Waals surface area (Å²) in [7, 11) is 0. The minimum atomic E-state index is -0.0484. The van der Waals surface area contributed by atoms with Crippen molar-refractivity contribution in [3.63, 3.8) is 0 Å². The predicted molar refractivity (Wildman–Crippen MR) is 88.3 cm³/mol. The third-order valence-corrected chi connectivity index (χ3v) is 5.82. The van der Waals surface area contributed by atoms with Crippen molar-refractivity contribution in [1.29, 1.82) is 0 Å². The number of hydrogen-bond donors (Lipinski definition) is 1. The number of amides is 1. The van der Waals surface area contributed by atoms with Crippen LogP contribution in [0.15, 0.2) is 12.3 Å². The minimum absolute atomic E-state index is 0.0484. The number of aromatic nitrogens is 3. The summed E-state index contributed by atoms with van der Waals surface area (Å²) in [5.74, 6) is 2.29. The zero-order valence-corrected chi connectivity index (χ0v) is 14.0. The highest BCUT2D eigenvalue weighted by Gasteiger charge is 2.42. The van der Waals surface area contributed by atoms with Gasteiger partial charge < -0.3 is 5.32 Å². The molecule has 23 heavy (non-hydrogen) atoms. The molecule has 2 aliphatic rings. The molecule has 0 radical (unpaired) electrons. The van der Waals surface area contributed by atoms with E-state index in [1.807, 2.05) is 19.9 Å². The number of nitrogens with zero attached hydrogens (tertiary/aromatic N) is 3. The minimum Gasteiger partial charge on any atom is -0.349 e. The van der Waals surface area contributed by atoms with Gasteiger partial charge in [-0.15, -0.1) is 0 Å². The Kier molecular flexibility index (Phi) is 3.39. The summed E-state index contributed by atoms with van der Waals surface area (Å²) in [6.45, 7) is 6.08. The fourth-order valence-electron chi connectivity index (χ4n) is 4.73. The molecular formula is C18H24N4O. The molecule has 2 aromatic rings. The maximum Gasteiger partial charge on any atom is 0.256 e. The van der Waals surface area contributed by atoms with Crippen LogP contribution in [0, 0.1) is 31.6 Å². The molecule has 4 rings (SSSR count). The lowest BCUT2D eigenvalue weighted by atomic mass is 9.84. The smallest absolute Gasteiger partial charge is 0.256 e. The summed E-state index contributed by atoms with van der Waals surface area (Å²) < 4.78 is 1.74. The number of rotatable bonds is 3. The lowest BCUT2D eigenvalue weighted by molar-refractivity contribution is 0.0917. The van der Waals surface area contributed by atoms with Crippen LogP contribution in [-0.4, -0.2) is 26.5 Å². The highest BCUT2D eigenvalue weighted by molar-refractivity contribution is 5.99. The van der Waals surface area contributed by atoms with Gasteiger partial charge in [0.05, 0.1) is 6.20 Å². The Hall–Kier alpha value is -1.91. The van der Waals surface area contributed by atoms with Crippen LogP contribution in [0.25, 0.3) is 5.65 Å². The van der Waals surface area contributed by atoms with E-state index in [0.29, 0.717) is 17.1 Å². The van der Waals surface area contributed by atoms with E-state index in [4.69, 9.17) is 0 Å². The van der Waals surface area contributed by atoms with Crippen molar-refractivity contribution >= 4 is 11.6 Å². The van der Waals surface area contributed by atoms with Gasteiger partial charge in [0.2, 0.25) is 0 Å². The van der Waals surface area contributed by atoms with Crippen molar-refractivity contribution in [1.82, 2.24) is 19.9 Å². The van der Waals surface area contributed by atoms with E-state index in [0.717, 1.165) is 23.2 Å². The Morgan fingerprint density at radius 1 is 1.35 bits per heavy atom. The van der Waals surface area contributed by atoms with Gasteiger partial charge in [-0.05, 0) is 63.9 Å². The molecule has 2 aliphatic carbocycles. The maximum absolute atomic E-state index is 12.7. The molecule has 0 unspecified atom stereocenters. The van der Waals surface area contributed by atoms with Crippen LogP contribution in [0.3, 0.4) is 0 Å². The van der Waals surface area contributed by atoms with Crippen LogP contribution in [0.5, 0.6) is 0 Å². The molecule has 4 atom stereocenters. The van der Waals surface area contributed by atoms with Gasteiger partial charge in [0, 0.05) is 17.4 Å². The molecule has 0 aliphatic heterocycles. The fraction of sp³-hybridized carbons (Fsp3) is 0.611. The topological polar surface area (TPSA) is 59.3 Å².